The van der Waals surface area contributed by atoms with Crippen LogP contribution in [0.1, 0.15) is 12.8 Å². The topological polar surface area (TPSA) is 69.7 Å². The van der Waals surface area contributed by atoms with Crippen LogP contribution in [0.4, 0.5) is 4.79 Å². The number of likely N-dealkylation sites (N-methyl/N-ethyl adjacent to an activating group) is 1. The molecule has 0 aromatic rings. The summed E-state index contributed by atoms with van der Waals surface area (Å²) in [5, 5.41) is 2.63. The molecule has 1 heterocycles. The summed E-state index contributed by atoms with van der Waals surface area (Å²) in [5.74, 6) is -0.304. The minimum absolute atomic E-state index is 0.0997. The first kappa shape index (κ1) is 13.2. The van der Waals surface area contributed by atoms with E-state index in [0.717, 1.165) is 0 Å². The molecule has 1 aliphatic rings. The van der Waals surface area contributed by atoms with Crippen LogP contribution in [-0.2, 0) is 9.59 Å². The average molecular weight is 239 g/mol. The van der Waals surface area contributed by atoms with E-state index in [9.17, 15) is 14.4 Å². The Morgan fingerprint density at radius 2 is 2.24 bits per heavy atom. The van der Waals surface area contributed by atoms with Gasteiger partial charge in [-0.2, -0.15) is 0 Å². The van der Waals surface area contributed by atoms with Gasteiger partial charge in [-0.25, -0.2) is 4.79 Å². The number of nitrogens with zero attached hydrogens (tertiary/aromatic N) is 2. The summed E-state index contributed by atoms with van der Waals surface area (Å²) in [4.78, 5) is 36.7. The van der Waals surface area contributed by atoms with Crippen LogP contribution in [0.25, 0.3) is 0 Å². The predicted octanol–water partition coefficient (Wildman–Crippen LogP) is -0.0372. The van der Waals surface area contributed by atoms with Gasteiger partial charge in [-0.1, -0.05) is 6.08 Å². The van der Waals surface area contributed by atoms with Crippen molar-refractivity contribution in [3.8, 4) is 0 Å². The molecule has 1 aliphatic heterocycles. The van der Waals surface area contributed by atoms with E-state index in [-0.39, 0.29) is 24.4 Å². The van der Waals surface area contributed by atoms with E-state index >= 15 is 0 Å². The van der Waals surface area contributed by atoms with Crippen LogP contribution in [0, 0.1) is 0 Å². The van der Waals surface area contributed by atoms with Crippen LogP contribution in [0.3, 0.4) is 0 Å². The van der Waals surface area contributed by atoms with E-state index in [4.69, 9.17) is 0 Å². The maximum Gasteiger partial charge on any atom is 0.326 e. The van der Waals surface area contributed by atoms with E-state index in [1.54, 1.807) is 13.1 Å². The van der Waals surface area contributed by atoms with Crippen LogP contribution in [0.5, 0.6) is 0 Å². The fourth-order valence-electron chi connectivity index (χ4n) is 1.56. The molecule has 1 rings (SSSR count). The second kappa shape index (κ2) is 6.03. The molecule has 0 atom stereocenters. The van der Waals surface area contributed by atoms with Gasteiger partial charge in [0.05, 0.1) is 0 Å². The van der Waals surface area contributed by atoms with Gasteiger partial charge in [0.2, 0.25) is 11.8 Å². The first-order chi connectivity index (χ1) is 8.06. The molecule has 0 aliphatic carbocycles. The molecule has 0 unspecified atom stereocenters. The molecule has 0 radical (unpaired) electrons. The molecule has 1 fully saturated rings. The minimum atomic E-state index is -0.290. The van der Waals surface area contributed by atoms with E-state index in [1.165, 1.54) is 9.80 Å². The number of carbonyl (C=O) groups is 3. The van der Waals surface area contributed by atoms with Gasteiger partial charge < -0.3 is 10.2 Å². The molecule has 0 aromatic carbocycles. The van der Waals surface area contributed by atoms with Crippen molar-refractivity contribution in [1.82, 2.24) is 15.1 Å². The smallest absolute Gasteiger partial charge is 0.326 e. The fraction of sp³-hybridized carbons (Fsp3) is 0.545. The lowest BCUT2D eigenvalue weighted by atomic mass is 10.3. The fourth-order valence-corrected chi connectivity index (χ4v) is 1.56. The standard InChI is InChI=1S/C11H17N3O3/c1-3-6-12-9(15)5-4-7-14-10(16)8-13(2)11(14)17/h3H,1,4-8H2,2H3,(H,12,15). The number of carbonyl (C=O) groups excluding carboxylic acids is 3. The van der Waals surface area contributed by atoms with Gasteiger partial charge in [-0.05, 0) is 6.42 Å². The Labute approximate surface area is 100 Å². The number of rotatable bonds is 6. The second-order valence-corrected chi connectivity index (χ2v) is 3.88. The largest absolute Gasteiger partial charge is 0.353 e. The maximum absolute atomic E-state index is 11.5. The second-order valence-electron chi connectivity index (χ2n) is 3.88. The van der Waals surface area contributed by atoms with Crippen molar-refractivity contribution in [2.45, 2.75) is 12.8 Å². The first-order valence-corrected chi connectivity index (χ1v) is 5.49. The van der Waals surface area contributed by atoms with Crippen LogP contribution in [0.15, 0.2) is 12.7 Å². The normalized spacial score (nSPS) is 15.4. The molecule has 0 aromatic heterocycles. The van der Waals surface area contributed by atoms with Crippen molar-refractivity contribution in [3.05, 3.63) is 12.7 Å². The summed E-state index contributed by atoms with van der Waals surface area (Å²) < 4.78 is 0. The minimum Gasteiger partial charge on any atom is -0.353 e. The molecule has 6 heteroatoms. The summed E-state index contributed by atoms with van der Waals surface area (Å²) in [7, 11) is 1.58. The molecule has 4 amide bonds. The van der Waals surface area contributed by atoms with E-state index < -0.39 is 0 Å². The van der Waals surface area contributed by atoms with Gasteiger partial charge in [-0.15, -0.1) is 6.58 Å². The summed E-state index contributed by atoms with van der Waals surface area (Å²) in [5.41, 5.74) is 0. The Bertz CT molecular complexity index is 341. The average Bonchev–Trinajstić information content (AvgIpc) is 2.53. The van der Waals surface area contributed by atoms with Gasteiger partial charge >= 0.3 is 6.03 Å². The molecule has 6 nitrogen and oxygen atoms in total. The Morgan fingerprint density at radius 1 is 1.53 bits per heavy atom. The third-order valence-electron chi connectivity index (χ3n) is 2.46. The molecular weight excluding hydrogens is 222 g/mol. The zero-order chi connectivity index (χ0) is 12.8. The number of hydrogen-bond acceptors (Lipinski definition) is 3. The van der Waals surface area contributed by atoms with E-state index in [1.807, 2.05) is 0 Å². The molecule has 0 saturated carbocycles. The van der Waals surface area contributed by atoms with E-state index in [0.29, 0.717) is 25.9 Å². The van der Waals surface area contributed by atoms with Gasteiger partial charge in [0.15, 0.2) is 0 Å². The summed E-state index contributed by atoms with van der Waals surface area (Å²) in [6.07, 6.45) is 2.38. The Balaban J connectivity index is 2.27. The highest BCUT2D eigenvalue weighted by molar-refractivity contribution is 6.01. The Hall–Kier alpha value is -1.85. The summed E-state index contributed by atoms with van der Waals surface area (Å²) in [6.45, 7) is 4.34. The Morgan fingerprint density at radius 3 is 2.76 bits per heavy atom. The predicted molar refractivity (Wildman–Crippen MR) is 62.2 cm³/mol. The van der Waals surface area contributed by atoms with Gasteiger partial charge in [-0.3, -0.25) is 14.5 Å². The molecule has 0 bridgehead atoms. The van der Waals surface area contributed by atoms with Crippen molar-refractivity contribution < 1.29 is 14.4 Å². The molecule has 17 heavy (non-hydrogen) atoms. The quantitative estimate of drug-likeness (QED) is 0.522. The van der Waals surface area contributed by atoms with Crippen molar-refractivity contribution in [3.63, 3.8) is 0 Å². The van der Waals surface area contributed by atoms with Crippen molar-refractivity contribution in [2.24, 2.45) is 0 Å². The zero-order valence-corrected chi connectivity index (χ0v) is 9.94. The van der Waals surface area contributed by atoms with Gasteiger partial charge in [0, 0.05) is 26.6 Å². The van der Waals surface area contributed by atoms with Crippen LogP contribution in [0.2, 0.25) is 0 Å². The lowest BCUT2D eigenvalue weighted by Gasteiger charge is -2.13. The van der Waals surface area contributed by atoms with Crippen LogP contribution in [-0.4, -0.2) is 54.3 Å². The van der Waals surface area contributed by atoms with Crippen LogP contribution >= 0.6 is 0 Å². The van der Waals surface area contributed by atoms with E-state index in [2.05, 4.69) is 11.9 Å². The lowest BCUT2D eigenvalue weighted by Crippen LogP contribution is -2.33. The highest BCUT2D eigenvalue weighted by Gasteiger charge is 2.32. The van der Waals surface area contributed by atoms with Gasteiger partial charge in [0.25, 0.3) is 0 Å². The highest BCUT2D eigenvalue weighted by atomic mass is 16.2. The van der Waals surface area contributed by atoms with Crippen LogP contribution < -0.4 is 5.32 Å². The molecule has 94 valence electrons. The van der Waals surface area contributed by atoms with Crippen molar-refractivity contribution >= 4 is 17.8 Å². The maximum atomic E-state index is 11.5. The Kier molecular flexibility index (Phi) is 4.68. The SMILES string of the molecule is C=CCNC(=O)CCCN1C(=O)CN(C)C1=O. The number of nitrogens with one attached hydrogen (secondary N) is 1. The highest BCUT2D eigenvalue weighted by Crippen LogP contribution is 2.08. The summed E-state index contributed by atoms with van der Waals surface area (Å²) in [6, 6.07) is -0.290. The number of amides is 4. The first-order valence-electron chi connectivity index (χ1n) is 5.49. The monoisotopic (exact) mass is 239 g/mol. The summed E-state index contributed by atoms with van der Waals surface area (Å²) >= 11 is 0. The lowest BCUT2D eigenvalue weighted by molar-refractivity contribution is -0.126. The third kappa shape index (κ3) is 3.58. The van der Waals surface area contributed by atoms with Crippen molar-refractivity contribution in [2.75, 3.05) is 26.7 Å². The molecule has 1 saturated heterocycles. The zero-order valence-electron chi connectivity index (χ0n) is 9.94. The third-order valence-corrected chi connectivity index (χ3v) is 2.46. The van der Waals surface area contributed by atoms with Crippen molar-refractivity contribution in [1.29, 1.82) is 0 Å². The number of imide groups is 1. The van der Waals surface area contributed by atoms with Gasteiger partial charge in [0.1, 0.15) is 6.54 Å². The molecule has 0 spiro atoms. The number of urea groups is 1. The molecule has 1 N–H and O–H groups in total. The number of hydrogen-bond donors (Lipinski definition) is 1. The molecular formula is C11H17N3O3.